The minimum absolute atomic E-state index is 0.224. The van der Waals surface area contributed by atoms with Gasteiger partial charge in [-0.15, -0.1) is 5.10 Å². The van der Waals surface area contributed by atoms with Crippen molar-refractivity contribution in [2.45, 2.75) is 12.7 Å². The zero-order valence-corrected chi connectivity index (χ0v) is 14.0. The van der Waals surface area contributed by atoms with E-state index in [-0.39, 0.29) is 17.5 Å². The van der Waals surface area contributed by atoms with Gasteiger partial charge in [-0.25, -0.2) is 0 Å². The first-order valence-corrected chi connectivity index (χ1v) is 7.91. The Labute approximate surface area is 152 Å². The van der Waals surface area contributed by atoms with E-state index in [1.165, 1.54) is 18.3 Å². The summed E-state index contributed by atoms with van der Waals surface area (Å²) in [6, 6.07) is 12.1. The zero-order chi connectivity index (χ0) is 18.6. The summed E-state index contributed by atoms with van der Waals surface area (Å²) in [5.41, 5.74) is 0.355. The van der Waals surface area contributed by atoms with Gasteiger partial charge in [0, 0.05) is 17.3 Å². The van der Waals surface area contributed by atoms with Crippen molar-refractivity contribution in [2.24, 2.45) is 0 Å². The maximum Gasteiger partial charge on any atom is 0.416 e. The monoisotopic (exact) mass is 379 g/mol. The second-order valence-corrected chi connectivity index (χ2v) is 5.72. The largest absolute Gasteiger partial charge is 0.416 e. The highest BCUT2D eigenvalue weighted by molar-refractivity contribution is 6.31. The summed E-state index contributed by atoms with van der Waals surface area (Å²) >= 11 is 6.08. The van der Waals surface area contributed by atoms with Crippen LogP contribution >= 0.6 is 11.6 Å². The average Bonchev–Trinajstić information content (AvgIpc) is 2.61. The van der Waals surface area contributed by atoms with Crippen LogP contribution in [0.5, 0.6) is 0 Å². The molecule has 0 atom stereocenters. The van der Waals surface area contributed by atoms with E-state index in [4.69, 9.17) is 11.6 Å². The Hall–Kier alpha value is -2.87. The van der Waals surface area contributed by atoms with E-state index in [1.807, 2.05) is 18.2 Å². The predicted molar refractivity (Wildman–Crippen MR) is 93.3 cm³/mol. The number of halogens is 4. The topological polar surface area (TPSA) is 62.7 Å². The fourth-order valence-corrected chi connectivity index (χ4v) is 2.38. The van der Waals surface area contributed by atoms with Crippen molar-refractivity contribution in [3.05, 3.63) is 70.9 Å². The molecule has 2 aromatic carbocycles. The van der Waals surface area contributed by atoms with Gasteiger partial charge in [-0.2, -0.15) is 23.3 Å². The number of alkyl halides is 3. The average molecular weight is 380 g/mol. The maximum atomic E-state index is 12.8. The van der Waals surface area contributed by atoms with Gasteiger partial charge >= 0.3 is 6.18 Å². The smallest absolute Gasteiger partial charge is 0.349 e. The van der Waals surface area contributed by atoms with Gasteiger partial charge in [-0.3, -0.25) is 0 Å². The number of hydrogen-bond acceptors (Lipinski definition) is 5. The van der Waals surface area contributed by atoms with Crippen LogP contribution in [-0.2, 0) is 12.7 Å². The molecule has 0 aliphatic rings. The van der Waals surface area contributed by atoms with E-state index < -0.39 is 11.7 Å². The molecule has 1 heterocycles. The van der Waals surface area contributed by atoms with Gasteiger partial charge in [0.25, 0.3) is 0 Å². The van der Waals surface area contributed by atoms with Crippen LogP contribution in [0.4, 0.5) is 30.6 Å². The van der Waals surface area contributed by atoms with Crippen LogP contribution in [0, 0.1) is 0 Å². The van der Waals surface area contributed by atoms with Gasteiger partial charge in [-0.1, -0.05) is 35.9 Å². The number of benzene rings is 2. The van der Waals surface area contributed by atoms with Crippen molar-refractivity contribution in [3.63, 3.8) is 0 Å². The molecule has 0 radical (unpaired) electrons. The Morgan fingerprint density at radius 2 is 1.85 bits per heavy atom. The van der Waals surface area contributed by atoms with Crippen LogP contribution in [0.1, 0.15) is 11.1 Å². The first kappa shape index (κ1) is 17.9. The summed E-state index contributed by atoms with van der Waals surface area (Å²) in [6.07, 6.45) is -3.09. The van der Waals surface area contributed by atoms with Crippen molar-refractivity contribution >= 4 is 29.1 Å². The Morgan fingerprint density at radius 3 is 2.62 bits per heavy atom. The van der Waals surface area contributed by atoms with Gasteiger partial charge in [0.2, 0.25) is 5.95 Å². The molecule has 0 aliphatic heterocycles. The van der Waals surface area contributed by atoms with Crippen molar-refractivity contribution in [1.82, 2.24) is 15.2 Å². The second kappa shape index (κ2) is 7.57. The highest BCUT2D eigenvalue weighted by atomic mass is 35.5. The number of aromatic nitrogens is 3. The van der Waals surface area contributed by atoms with E-state index in [0.29, 0.717) is 11.6 Å². The minimum atomic E-state index is -4.41. The summed E-state index contributed by atoms with van der Waals surface area (Å²) in [5, 5.41) is 14.0. The summed E-state index contributed by atoms with van der Waals surface area (Å²) in [6.45, 7) is 0.383. The molecular formula is C17H13ClF3N5. The van der Waals surface area contributed by atoms with Crippen molar-refractivity contribution in [3.8, 4) is 0 Å². The summed E-state index contributed by atoms with van der Waals surface area (Å²) < 4.78 is 38.3. The lowest BCUT2D eigenvalue weighted by Gasteiger charge is -2.11. The van der Waals surface area contributed by atoms with E-state index in [9.17, 15) is 13.2 Å². The Balaban J connectivity index is 1.71. The van der Waals surface area contributed by atoms with Crippen LogP contribution in [0.15, 0.2) is 54.7 Å². The molecule has 0 unspecified atom stereocenters. The van der Waals surface area contributed by atoms with Crippen LogP contribution in [0.2, 0.25) is 5.02 Å². The molecule has 26 heavy (non-hydrogen) atoms. The molecular weight excluding hydrogens is 367 g/mol. The zero-order valence-electron chi connectivity index (χ0n) is 13.3. The number of anilines is 3. The van der Waals surface area contributed by atoms with Gasteiger partial charge in [0.15, 0.2) is 5.82 Å². The molecule has 9 heteroatoms. The SMILES string of the molecule is FC(F)(F)c1cccc(Nc2cnnc(NCc3ccccc3Cl)n2)c1. The lowest BCUT2D eigenvalue weighted by atomic mass is 10.2. The summed E-state index contributed by atoms with van der Waals surface area (Å²) in [7, 11) is 0. The molecule has 0 saturated heterocycles. The number of nitrogens with zero attached hydrogens (tertiary/aromatic N) is 3. The van der Waals surface area contributed by atoms with Crippen molar-refractivity contribution < 1.29 is 13.2 Å². The van der Waals surface area contributed by atoms with Crippen LogP contribution in [0.25, 0.3) is 0 Å². The molecule has 0 spiro atoms. The van der Waals surface area contributed by atoms with E-state index in [2.05, 4.69) is 25.8 Å². The van der Waals surface area contributed by atoms with Crippen LogP contribution in [-0.4, -0.2) is 15.2 Å². The third-order valence-corrected chi connectivity index (χ3v) is 3.78. The number of rotatable bonds is 5. The summed E-state index contributed by atoms with van der Waals surface area (Å²) in [5.74, 6) is 0.489. The van der Waals surface area contributed by atoms with Gasteiger partial charge in [0.05, 0.1) is 11.8 Å². The third-order valence-electron chi connectivity index (χ3n) is 3.42. The standard InChI is InChI=1S/C17H13ClF3N5/c18-14-7-2-1-4-11(14)9-22-16-25-15(10-23-26-16)24-13-6-3-5-12(8-13)17(19,20)21/h1-8,10H,9H2,(H2,22,24,25,26). The van der Waals surface area contributed by atoms with Crippen LogP contribution in [0.3, 0.4) is 0 Å². The fourth-order valence-electron chi connectivity index (χ4n) is 2.18. The number of hydrogen-bond donors (Lipinski definition) is 2. The normalized spacial score (nSPS) is 11.2. The van der Waals surface area contributed by atoms with E-state index >= 15 is 0 Å². The highest BCUT2D eigenvalue weighted by Crippen LogP contribution is 2.31. The van der Waals surface area contributed by atoms with Crippen LogP contribution < -0.4 is 10.6 Å². The fraction of sp³-hybridized carbons (Fsp3) is 0.118. The van der Waals surface area contributed by atoms with Gasteiger partial charge < -0.3 is 10.6 Å². The predicted octanol–water partition coefficient (Wildman–Crippen LogP) is 4.90. The quantitative estimate of drug-likeness (QED) is 0.660. The van der Waals surface area contributed by atoms with E-state index in [0.717, 1.165) is 17.7 Å². The Morgan fingerprint density at radius 1 is 1.04 bits per heavy atom. The minimum Gasteiger partial charge on any atom is -0.349 e. The molecule has 0 bridgehead atoms. The maximum absolute atomic E-state index is 12.8. The highest BCUT2D eigenvalue weighted by Gasteiger charge is 2.30. The molecule has 5 nitrogen and oxygen atoms in total. The molecule has 3 aromatic rings. The Kier molecular flexibility index (Phi) is 5.22. The molecule has 0 aliphatic carbocycles. The molecule has 3 rings (SSSR count). The lowest BCUT2D eigenvalue weighted by molar-refractivity contribution is -0.137. The molecule has 134 valence electrons. The first-order chi connectivity index (χ1) is 12.4. The molecule has 0 saturated carbocycles. The lowest BCUT2D eigenvalue weighted by Crippen LogP contribution is -2.07. The number of nitrogens with one attached hydrogen (secondary N) is 2. The second-order valence-electron chi connectivity index (χ2n) is 5.31. The molecule has 0 fully saturated rings. The van der Waals surface area contributed by atoms with Crippen molar-refractivity contribution in [1.29, 1.82) is 0 Å². The third kappa shape index (κ3) is 4.60. The van der Waals surface area contributed by atoms with Gasteiger partial charge in [0.1, 0.15) is 0 Å². The van der Waals surface area contributed by atoms with E-state index in [1.54, 1.807) is 6.07 Å². The summed E-state index contributed by atoms with van der Waals surface area (Å²) in [4.78, 5) is 4.18. The van der Waals surface area contributed by atoms with Gasteiger partial charge in [-0.05, 0) is 29.8 Å². The molecule has 2 N–H and O–H groups in total. The first-order valence-electron chi connectivity index (χ1n) is 7.53. The molecule has 0 amide bonds. The van der Waals surface area contributed by atoms with Crippen molar-refractivity contribution in [2.75, 3.05) is 10.6 Å². The Bertz CT molecular complexity index is 901. The molecule has 1 aromatic heterocycles.